The molecule has 0 aromatic rings. The second-order valence-corrected chi connectivity index (χ2v) is 5.47. The first-order chi connectivity index (χ1) is 8.16. The van der Waals surface area contributed by atoms with Crippen LogP contribution in [0, 0.1) is 5.92 Å². The first-order valence-electron chi connectivity index (χ1n) is 6.78. The highest BCUT2D eigenvalue weighted by Gasteiger charge is 2.28. The Hall–Kier alpha value is -0.610. The van der Waals surface area contributed by atoms with Crippen LogP contribution in [0.1, 0.15) is 38.5 Å². The van der Waals surface area contributed by atoms with Gasteiger partial charge in [0.2, 0.25) is 5.91 Å². The molecular weight excluding hydrogens is 216 g/mol. The Morgan fingerprint density at radius 3 is 2.76 bits per heavy atom. The monoisotopic (exact) mass is 240 g/mol. The number of hydrogen-bond acceptors (Lipinski definition) is 3. The highest BCUT2D eigenvalue weighted by Crippen LogP contribution is 2.27. The van der Waals surface area contributed by atoms with E-state index < -0.39 is 0 Å². The minimum Gasteiger partial charge on any atom is -0.376 e. The van der Waals surface area contributed by atoms with Crippen LogP contribution >= 0.6 is 0 Å². The Kier molecular flexibility index (Phi) is 4.40. The molecule has 1 aliphatic heterocycles. The summed E-state index contributed by atoms with van der Waals surface area (Å²) in [6, 6.07) is 0.232. The van der Waals surface area contributed by atoms with Gasteiger partial charge in [-0.3, -0.25) is 4.79 Å². The van der Waals surface area contributed by atoms with E-state index in [4.69, 9.17) is 10.5 Å². The molecule has 0 aromatic carbocycles. The molecule has 17 heavy (non-hydrogen) atoms. The average Bonchev–Trinajstić information content (AvgIpc) is 2.91. The number of hydrogen-bond donors (Lipinski definition) is 1. The van der Waals surface area contributed by atoms with Crippen molar-refractivity contribution in [2.75, 3.05) is 20.2 Å². The number of nitrogens with zero attached hydrogens (tertiary/aromatic N) is 1. The smallest absolute Gasteiger partial charge is 0.222 e. The van der Waals surface area contributed by atoms with E-state index in [0.29, 0.717) is 12.3 Å². The highest BCUT2D eigenvalue weighted by molar-refractivity contribution is 5.76. The van der Waals surface area contributed by atoms with Crippen LogP contribution in [0.25, 0.3) is 0 Å². The largest absolute Gasteiger partial charge is 0.376 e. The molecule has 2 rings (SSSR count). The molecule has 2 aliphatic rings. The van der Waals surface area contributed by atoms with Gasteiger partial charge in [-0.25, -0.2) is 0 Å². The van der Waals surface area contributed by atoms with Gasteiger partial charge in [0.1, 0.15) is 0 Å². The van der Waals surface area contributed by atoms with E-state index in [1.54, 1.807) is 0 Å². The van der Waals surface area contributed by atoms with Crippen molar-refractivity contribution in [3.63, 3.8) is 0 Å². The van der Waals surface area contributed by atoms with E-state index in [0.717, 1.165) is 38.8 Å². The van der Waals surface area contributed by atoms with Crippen molar-refractivity contribution in [3.05, 3.63) is 0 Å². The Balaban J connectivity index is 1.74. The molecule has 0 radical (unpaired) electrons. The molecule has 4 heteroatoms. The molecule has 0 bridgehead atoms. The lowest BCUT2D eigenvalue weighted by molar-refractivity contribution is -0.132. The maximum absolute atomic E-state index is 12.0. The maximum atomic E-state index is 12.0. The van der Waals surface area contributed by atoms with Gasteiger partial charge in [-0.2, -0.15) is 0 Å². The molecule has 0 aromatic heterocycles. The quantitative estimate of drug-likeness (QED) is 0.801. The van der Waals surface area contributed by atoms with Crippen molar-refractivity contribution in [3.8, 4) is 0 Å². The van der Waals surface area contributed by atoms with E-state index in [1.807, 2.05) is 11.9 Å². The van der Waals surface area contributed by atoms with Gasteiger partial charge in [-0.05, 0) is 31.6 Å². The normalized spacial score (nSPS) is 32.9. The first kappa shape index (κ1) is 12.8. The summed E-state index contributed by atoms with van der Waals surface area (Å²) in [5, 5.41) is 0. The number of carbonyl (C=O) groups is 1. The number of likely N-dealkylation sites (N-methyl/N-ethyl adjacent to an activating group) is 1. The zero-order valence-corrected chi connectivity index (χ0v) is 10.7. The van der Waals surface area contributed by atoms with E-state index >= 15 is 0 Å². The fourth-order valence-corrected chi connectivity index (χ4v) is 2.89. The van der Waals surface area contributed by atoms with Crippen molar-refractivity contribution in [1.29, 1.82) is 0 Å². The van der Waals surface area contributed by atoms with Crippen LogP contribution in [0.5, 0.6) is 0 Å². The van der Waals surface area contributed by atoms with Gasteiger partial charge in [0.25, 0.3) is 0 Å². The zero-order valence-electron chi connectivity index (χ0n) is 10.7. The summed E-state index contributed by atoms with van der Waals surface area (Å²) in [5.41, 5.74) is 6.00. The van der Waals surface area contributed by atoms with Gasteiger partial charge in [-0.1, -0.05) is 6.42 Å². The van der Waals surface area contributed by atoms with Gasteiger partial charge in [0, 0.05) is 32.7 Å². The van der Waals surface area contributed by atoms with Crippen molar-refractivity contribution < 1.29 is 9.53 Å². The number of nitrogens with two attached hydrogens (primary N) is 1. The molecular formula is C13H24N2O2. The van der Waals surface area contributed by atoms with Crippen LogP contribution in [0.4, 0.5) is 0 Å². The fraction of sp³-hybridized carbons (Fsp3) is 0.923. The summed E-state index contributed by atoms with van der Waals surface area (Å²) in [6.45, 7) is 1.58. The second kappa shape index (κ2) is 5.83. The summed E-state index contributed by atoms with van der Waals surface area (Å²) in [7, 11) is 1.88. The van der Waals surface area contributed by atoms with Crippen molar-refractivity contribution in [2.24, 2.45) is 11.7 Å². The van der Waals surface area contributed by atoms with Gasteiger partial charge in [-0.15, -0.1) is 0 Å². The molecule has 1 saturated heterocycles. The molecule has 98 valence electrons. The Bertz CT molecular complexity index is 264. The lowest BCUT2D eigenvalue weighted by Crippen LogP contribution is -2.37. The third kappa shape index (κ3) is 3.42. The van der Waals surface area contributed by atoms with E-state index in [9.17, 15) is 4.79 Å². The van der Waals surface area contributed by atoms with Crippen LogP contribution < -0.4 is 5.73 Å². The van der Waals surface area contributed by atoms with Crippen LogP contribution in [0.3, 0.4) is 0 Å². The molecule has 0 spiro atoms. The lowest BCUT2D eigenvalue weighted by Gasteiger charge is -2.23. The summed E-state index contributed by atoms with van der Waals surface area (Å²) in [4.78, 5) is 13.9. The predicted octanol–water partition coefficient (Wildman–Crippen LogP) is 1.14. The second-order valence-electron chi connectivity index (χ2n) is 5.47. The van der Waals surface area contributed by atoms with Crippen LogP contribution in [0.2, 0.25) is 0 Å². The fourth-order valence-electron chi connectivity index (χ4n) is 2.89. The summed E-state index contributed by atoms with van der Waals surface area (Å²) in [5.74, 6) is 0.622. The molecule has 1 heterocycles. The SMILES string of the molecule is CN(CC1CCCO1)C(=O)C[C@@H]1CCC[C@H]1N. The van der Waals surface area contributed by atoms with Gasteiger partial charge >= 0.3 is 0 Å². The lowest BCUT2D eigenvalue weighted by atomic mass is 9.99. The van der Waals surface area contributed by atoms with Crippen LogP contribution in [0.15, 0.2) is 0 Å². The number of amides is 1. The zero-order chi connectivity index (χ0) is 12.3. The third-order valence-corrected chi connectivity index (χ3v) is 4.08. The van der Waals surface area contributed by atoms with Gasteiger partial charge < -0.3 is 15.4 Å². The Labute approximate surface area is 103 Å². The van der Waals surface area contributed by atoms with Gasteiger partial charge in [0.15, 0.2) is 0 Å². The predicted molar refractivity (Wildman–Crippen MR) is 66.5 cm³/mol. The van der Waals surface area contributed by atoms with E-state index in [-0.39, 0.29) is 18.1 Å². The highest BCUT2D eigenvalue weighted by atomic mass is 16.5. The average molecular weight is 240 g/mol. The molecule has 3 atom stereocenters. The Morgan fingerprint density at radius 1 is 1.35 bits per heavy atom. The number of rotatable bonds is 4. The Morgan fingerprint density at radius 2 is 2.18 bits per heavy atom. The minimum absolute atomic E-state index is 0.225. The third-order valence-electron chi connectivity index (χ3n) is 4.08. The van der Waals surface area contributed by atoms with Gasteiger partial charge in [0.05, 0.1) is 6.10 Å². The van der Waals surface area contributed by atoms with Crippen molar-refractivity contribution in [2.45, 2.75) is 50.7 Å². The standard InChI is InChI=1S/C13H24N2O2/c1-15(9-11-5-3-7-17-11)13(16)8-10-4-2-6-12(10)14/h10-12H,2-9,14H2,1H3/t10-,11?,12+/m0/s1. The molecule has 1 saturated carbocycles. The molecule has 1 unspecified atom stereocenters. The summed E-state index contributed by atoms with van der Waals surface area (Å²) < 4.78 is 5.55. The van der Waals surface area contributed by atoms with E-state index in [1.165, 1.54) is 6.42 Å². The number of ether oxygens (including phenoxy) is 1. The molecule has 4 nitrogen and oxygen atoms in total. The summed E-state index contributed by atoms with van der Waals surface area (Å²) in [6.07, 6.45) is 6.44. The van der Waals surface area contributed by atoms with Crippen molar-refractivity contribution in [1.82, 2.24) is 4.90 Å². The first-order valence-corrected chi connectivity index (χ1v) is 6.78. The van der Waals surface area contributed by atoms with E-state index in [2.05, 4.69) is 0 Å². The van der Waals surface area contributed by atoms with Crippen LogP contribution in [-0.4, -0.2) is 43.2 Å². The number of carbonyl (C=O) groups excluding carboxylic acids is 1. The summed E-state index contributed by atoms with van der Waals surface area (Å²) >= 11 is 0. The topological polar surface area (TPSA) is 55.6 Å². The van der Waals surface area contributed by atoms with Crippen molar-refractivity contribution >= 4 is 5.91 Å². The molecule has 1 amide bonds. The minimum atomic E-state index is 0.225. The van der Waals surface area contributed by atoms with Crippen LogP contribution in [-0.2, 0) is 9.53 Å². The molecule has 2 fully saturated rings. The maximum Gasteiger partial charge on any atom is 0.222 e. The molecule has 2 N–H and O–H groups in total. The molecule has 1 aliphatic carbocycles.